The zero-order chi connectivity index (χ0) is 15.8. The van der Waals surface area contributed by atoms with Gasteiger partial charge in [-0.1, -0.05) is 6.07 Å². The van der Waals surface area contributed by atoms with E-state index in [1.165, 1.54) is 13.8 Å². The highest BCUT2D eigenvalue weighted by molar-refractivity contribution is 6.07. The van der Waals surface area contributed by atoms with Crippen LogP contribution in [-0.2, 0) is 16.0 Å². The van der Waals surface area contributed by atoms with E-state index in [1.807, 2.05) is 12.1 Å². The molecule has 0 aliphatic rings. The van der Waals surface area contributed by atoms with Gasteiger partial charge in [0.2, 0.25) is 0 Å². The lowest BCUT2D eigenvalue weighted by Gasteiger charge is -2.07. The highest BCUT2D eigenvalue weighted by Crippen LogP contribution is 2.03. The molecule has 7 heteroatoms. The number of hydrogen-bond donors (Lipinski definition) is 3. The van der Waals surface area contributed by atoms with Gasteiger partial charge in [0.05, 0.1) is 0 Å². The van der Waals surface area contributed by atoms with Crippen LogP contribution in [-0.4, -0.2) is 34.5 Å². The van der Waals surface area contributed by atoms with Crippen molar-refractivity contribution in [2.45, 2.75) is 20.3 Å². The highest BCUT2D eigenvalue weighted by atomic mass is 16.4. The van der Waals surface area contributed by atoms with Crippen molar-refractivity contribution in [3.8, 4) is 0 Å². The molecule has 0 aromatic carbocycles. The number of nitrogens with zero attached hydrogens (tertiary/aromatic N) is 1. The first-order valence-corrected chi connectivity index (χ1v) is 6.31. The second-order valence-corrected chi connectivity index (χ2v) is 4.34. The molecular weight excluding hydrogens is 274 g/mol. The molecular formula is C14H17N3O4. The molecule has 0 radical (unpaired) electrons. The van der Waals surface area contributed by atoms with E-state index in [4.69, 9.17) is 5.11 Å². The van der Waals surface area contributed by atoms with Crippen LogP contribution < -0.4 is 10.6 Å². The van der Waals surface area contributed by atoms with Crippen LogP contribution in [0.1, 0.15) is 19.5 Å². The lowest BCUT2D eigenvalue weighted by molar-refractivity contribution is -0.133. The summed E-state index contributed by atoms with van der Waals surface area (Å²) in [6, 6.07) is 4.79. The van der Waals surface area contributed by atoms with E-state index in [0.717, 1.165) is 5.69 Å². The molecule has 0 bridgehead atoms. The quantitative estimate of drug-likeness (QED) is 0.698. The predicted octanol–water partition coefficient (Wildman–Crippen LogP) is 0.871. The Morgan fingerprint density at radius 3 is 2.48 bits per heavy atom. The predicted molar refractivity (Wildman–Crippen MR) is 75.5 cm³/mol. The highest BCUT2D eigenvalue weighted by Gasteiger charge is 2.14. The molecule has 0 spiro atoms. The summed E-state index contributed by atoms with van der Waals surface area (Å²) in [6.07, 6.45) is 2.19. The smallest absolute Gasteiger partial charge is 0.331 e. The van der Waals surface area contributed by atoms with E-state index in [-0.39, 0.29) is 11.1 Å². The molecule has 0 aliphatic heterocycles. The first-order valence-electron chi connectivity index (χ1n) is 6.31. The van der Waals surface area contributed by atoms with Gasteiger partial charge in [-0.2, -0.15) is 0 Å². The number of imide groups is 1. The molecule has 1 aromatic rings. The molecule has 1 aromatic heterocycles. The molecule has 7 nitrogen and oxygen atoms in total. The number of carbonyl (C=O) groups excluding carboxylic acids is 2. The van der Waals surface area contributed by atoms with Crippen molar-refractivity contribution in [3.05, 3.63) is 41.2 Å². The van der Waals surface area contributed by atoms with Gasteiger partial charge < -0.3 is 10.4 Å². The number of pyridine rings is 1. The number of aromatic nitrogens is 1. The molecule has 112 valence electrons. The minimum absolute atomic E-state index is 0.0117. The molecule has 3 amide bonds. The van der Waals surface area contributed by atoms with Gasteiger partial charge in [0, 0.05) is 36.0 Å². The number of urea groups is 1. The topological polar surface area (TPSA) is 108 Å². The first-order chi connectivity index (χ1) is 9.91. The molecule has 0 saturated heterocycles. The van der Waals surface area contributed by atoms with E-state index < -0.39 is 17.9 Å². The lowest BCUT2D eigenvalue weighted by atomic mass is 10.1. The molecule has 3 N–H and O–H groups in total. The molecule has 1 heterocycles. The van der Waals surface area contributed by atoms with Crippen LogP contribution in [0.25, 0.3) is 0 Å². The molecule has 0 atom stereocenters. The van der Waals surface area contributed by atoms with Gasteiger partial charge in [-0.05, 0) is 26.0 Å². The van der Waals surface area contributed by atoms with Crippen LogP contribution in [0, 0.1) is 0 Å². The van der Waals surface area contributed by atoms with Crippen LogP contribution in [0.2, 0.25) is 0 Å². The Morgan fingerprint density at radius 2 is 1.90 bits per heavy atom. The fourth-order valence-electron chi connectivity index (χ4n) is 1.42. The van der Waals surface area contributed by atoms with Gasteiger partial charge in [-0.25, -0.2) is 9.59 Å². The molecule has 0 unspecified atom stereocenters. The Labute approximate surface area is 122 Å². The van der Waals surface area contributed by atoms with E-state index in [0.29, 0.717) is 13.0 Å². The number of aliphatic carboxylic acids is 1. The monoisotopic (exact) mass is 291 g/mol. The minimum atomic E-state index is -1.20. The summed E-state index contributed by atoms with van der Waals surface area (Å²) in [6.45, 7) is 2.97. The van der Waals surface area contributed by atoms with Crippen molar-refractivity contribution >= 4 is 17.9 Å². The van der Waals surface area contributed by atoms with Crippen LogP contribution in [0.15, 0.2) is 35.5 Å². The van der Waals surface area contributed by atoms with Crippen LogP contribution in [0.3, 0.4) is 0 Å². The number of carboxylic acids is 1. The summed E-state index contributed by atoms with van der Waals surface area (Å²) in [5, 5.41) is 13.3. The standard InChI is InChI=1S/C14H17N3O4/c1-9(10(2)13(19)20)12(18)17-14(21)16-8-6-11-5-3-4-7-15-11/h3-5,7H,6,8H2,1-2H3,(H,19,20)(H2,16,17,18,21). The average molecular weight is 291 g/mol. The van der Waals surface area contributed by atoms with Crippen LogP contribution in [0.4, 0.5) is 4.79 Å². The maximum absolute atomic E-state index is 11.6. The Kier molecular flexibility index (Phi) is 6.06. The summed E-state index contributed by atoms with van der Waals surface area (Å²) >= 11 is 0. The number of nitrogens with one attached hydrogen (secondary N) is 2. The zero-order valence-corrected chi connectivity index (χ0v) is 11.8. The molecule has 0 aliphatic carbocycles. The Bertz CT molecular complexity index is 567. The maximum atomic E-state index is 11.6. The minimum Gasteiger partial charge on any atom is -0.478 e. The van der Waals surface area contributed by atoms with Gasteiger partial charge in [0.25, 0.3) is 5.91 Å². The Hall–Kier alpha value is -2.70. The fourth-order valence-corrected chi connectivity index (χ4v) is 1.42. The molecule has 21 heavy (non-hydrogen) atoms. The summed E-state index contributed by atoms with van der Waals surface area (Å²) in [5.41, 5.74) is 0.707. The van der Waals surface area contributed by atoms with Crippen molar-refractivity contribution in [1.82, 2.24) is 15.6 Å². The number of rotatable bonds is 5. The van der Waals surface area contributed by atoms with Gasteiger partial charge >= 0.3 is 12.0 Å². The first kappa shape index (κ1) is 16.4. The van der Waals surface area contributed by atoms with Crippen molar-refractivity contribution < 1.29 is 19.5 Å². The average Bonchev–Trinajstić information content (AvgIpc) is 2.46. The maximum Gasteiger partial charge on any atom is 0.331 e. The number of hydrogen-bond acceptors (Lipinski definition) is 4. The summed E-state index contributed by atoms with van der Waals surface area (Å²) in [4.78, 5) is 37.9. The van der Waals surface area contributed by atoms with Gasteiger partial charge in [0.1, 0.15) is 0 Å². The molecule has 0 fully saturated rings. The number of carbonyl (C=O) groups is 3. The third-order valence-corrected chi connectivity index (χ3v) is 2.84. The second kappa shape index (κ2) is 7.78. The lowest BCUT2D eigenvalue weighted by Crippen LogP contribution is -2.41. The van der Waals surface area contributed by atoms with Crippen molar-refractivity contribution in [2.24, 2.45) is 0 Å². The van der Waals surface area contributed by atoms with E-state index in [2.05, 4.69) is 15.6 Å². The van der Waals surface area contributed by atoms with Crippen molar-refractivity contribution in [2.75, 3.05) is 6.54 Å². The van der Waals surface area contributed by atoms with Gasteiger partial charge in [-0.15, -0.1) is 0 Å². The van der Waals surface area contributed by atoms with Crippen molar-refractivity contribution in [1.29, 1.82) is 0 Å². The van der Waals surface area contributed by atoms with Crippen molar-refractivity contribution in [3.63, 3.8) is 0 Å². The molecule has 1 rings (SSSR count). The normalized spacial score (nSPS) is 11.3. The number of amides is 3. The summed E-state index contributed by atoms with van der Waals surface area (Å²) in [7, 11) is 0. The summed E-state index contributed by atoms with van der Waals surface area (Å²) in [5.74, 6) is -1.93. The third kappa shape index (κ3) is 5.43. The van der Waals surface area contributed by atoms with Crippen LogP contribution in [0.5, 0.6) is 0 Å². The van der Waals surface area contributed by atoms with E-state index in [9.17, 15) is 14.4 Å². The fraction of sp³-hybridized carbons (Fsp3) is 0.286. The van der Waals surface area contributed by atoms with Crippen LogP contribution >= 0.6 is 0 Å². The van der Waals surface area contributed by atoms with Gasteiger partial charge in [-0.3, -0.25) is 15.1 Å². The third-order valence-electron chi connectivity index (χ3n) is 2.84. The SMILES string of the molecule is CC(C(=O)O)=C(C)C(=O)NC(=O)NCCc1ccccn1. The Morgan fingerprint density at radius 1 is 1.19 bits per heavy atom. The Balaban J connectivity index is 2.42. The van der Waals surface area contributed by atoms with Gasteiger partial charge in [0.15, 0.2) is 0 Å². The largest absolute Gasteiger partial charge is 0.478 e. The summed E-state index contributed by atoms with van der Waals surface area (Å²) < 4.78 is 0. The zero-order valence-electron chi connectivity index (χ0n) is 11.8. The molecule has 0 saturated carbocycles. The number of carboxylic acid groups (broad SMARTS) is 1. The van der Waals surface area contributed by atoms with E-state index >= 15 is 0 Å². The van der Waals surface area contributed by atoms with E-state index in [1.54, 1.807) is 12.3 Å². The second-order valence-electron chi connectivity index (χ2n) is 4.34.